The van der Waals surface area contributed by atoms with Gasteiger partial charge < -0.3 is 0 Å². The standard InChI is InChI=1S/C14H31N3/c1-5-12(6-2)13(16-15)14(4,7-3)17-10-8-9-11-17/h12-13,16H,5-11,15H2,1-4H3. The molecule has 0 aliphatic carbocycles. The Balaban J connectivity index is 2.86. The van der Waals surface area contributed by atoms with E-state index in [1.807, 2.05) is 0 Å². The van der Waals surface area contributed by atoms with Gasteiger partial charge >= 0.3 is 0 Å². The maximum Gasteiger partial charge on any atom is 0.0419 e. The second-order valence-electron chi connectivity index (χ2n) is 5.63. The van der Waals surface area contributed by atoms with Crippen LogP contribution < -0.4 is 11.3 Å². The van der Waals surface area contributed by atoms with Gasteiger partial charge in [-0.25, -0.2) is 0 Å². The zero-order valence-electron chi connectivity index (χ0n) is 12.1. The monoisotopic (exact) mass is 241 g/mol. The first-order valence-corrected chi connectivity index (χ1v) is 7.35. The summed E-state index contributed by atoms with van der Waals surface area (Å²) in [5.41, 5.74) is 3.34. The van der Waals surface area contributed by atoms with Crippen LogP contribution in [0, 0.1) is 5.92 Å². The third-order valence-electron chi connectivity index (χ3n) is 4.91. The topological polar surface area (TPSA) is 41.3 Å². The van der Waals surface area contributed by atoms with E-state index in [1.165, 1.54) is 45.2 Å². The Morgan fingerprint density at radius 2 is 1.71 bits per heavy atom. The van der Waals surface area contributed by atoms with Crippen molar-refractivity contribution in [3.8, 4) is 0 Å². The number of hydrazine groups is 1. The zero-order valence-corrected chi connectivity index (χ0v) is 12.1. The molecule has 0 bridgehead atoms. The highest BCUT2D eigenvalue weighted by molar-refractivity contribution is 4.99. The van der Waals surface area contributed by atoms with E-state index in [9.17, 15) is 0 Å². The number of rotatable bonds is 7. The minimum absolute atomic E-state index is 0.210. The Labute approximate surface area is 107 Å². The molecule has 3 heteroatoms. The molecule has 102 valence electrons. The number of hydrogen-bond acceptors (Lipinski definition) is 3. The van der Waals surface area contributed by atoms with Gasteiger partial charge in [-0.1, -0.05) is 33.6 Å². The smallest absolute Gasteiger partial charge is 0.0419 e. The van der Waals surface area contributed by atoms with Crippen molar-refractivity contribution in [3.05, 3.63) is 0 Å². The largest absolute Gasteiger partial charge is 0.296 e. The Morgan fingerprint density at radius 1 is 1.18 bits per heavy atom. The molecule has 0 aromatic heterocycles. The Bertz CT molecular complexity index is 210. The van der Waals surface area contributed by atoms with Crippen molar-refractivity contribution in [1.29, 1.82) is 0 Å². The second-order valence-corrected chi connectivity index (χ2v) is 5.63. The van der Waals surface area contributed by atoms with E-state index in [0.29, 0.717) is 12.0 Å². The van der Waals surface area contributed by atoms with E-state index in [2.05, 4.69) is 38.0 Å². The van der Waals surface area contributed by atoms with E-state index in [-0.39, 0.29) is 5.54 Å². The van der Waals surface area contributed by atoms with Gasteiger partial charge in [0.25, 0.3) is 0 Å². The van der Waals surface area contributed by atoms with Crippen LogP contribution in [-0.2, 0) is 0 Å². The van der Waals surface area contributed by atoms with Crippen molar-refractivity contribution < 1.29 is 0 Å². The van der Waals surface area contributed by atoms with Crippen LogP contribution in [0.2, 0.25) is 0 Å². The summed E-state index contributed by atoms with van der Waals surface area (Å²) < 4.78 is 0. The van der Waals surface area contributed by atoms with E-state index >= 15 is 0 Å². The van der Waals surface area contributed by atoms with Crippen molar-refractivity contribution in [2.75, 3.05) is 13.1 Å². The van der Waals surface area contributed by atoms with Crippen molar-refractivity contribution in [2.45, 2.75) is 71.4 Å². The zero-order chi connectivity index (χ0) is 12.9. The summed E-state index contributed by atoms with van der Waals surface area (Å²) in [4.78, 5) is 2.65. The van der Waals surface area contributed by atoms with Crippen molar-refractivity contribution >= 4 is 0 Å². The summed E-state index contributed by atoms with van der Waals surface area (Å²) in [7, 11) is 0. The Hall–Kier alpha value is -0.120. The van der Waals surface area contributed by atoms with Crippen LogP contribution in [0.3, 0.4) is 0 Å². The lowest BCUT2D eigenvalue weighted by Gasteiger charge is -2.47. The first kappa shape index (κ1) is 14.9. The quantitative estimate of drug-likeness (QED) is 0.531. The number of nitrogens with one attached hydrogen (secondary N) is 1. The molecule has 1 aliphatic heterocycles. The predicted octanol–water partition coefficient (Wildman–Crippen LogP) is 2.52. The lowest BCUT2D eigenvalue weighted by Crippen LogP contribution is -2.62. The summed E-state index contributed by atoms with van der Waals surface area (Å²) in [6.45, 7) is 11.7. The highest BCUT2D eigenvalue weighted by Gasteiger charge is 2.41. The lowest BCUT2D eigenvalue weighted by atomic mass is 9.78. The predicted molar refractivity (Wildman–Crippen MR) is 74.7 cm³/mol. The minimum atomic E-state index is 0.210. The van der Waals surface area contributed by atoms with Gasteiger partial charge in [0.1, 0.15) is 0 Å². The molecular formula is C14H31N3. The molecule has 1 saturated heterocycles. The van der Waals surface area contributed by atoms with Crippen LogP contribution in [0.25, 0.3) is 0 Å². The maximum atomic E-state index is 5.88. The van der Waals surface area contributed by atoms with Gasteiger partial charge in [0.15, 0.2) is 0 Å². The number of hydrogen-bond donors (Lipinski definition) is 2. The highest BCUT2D eigenvalue weighted by atomic mass is 15.3. The second kappa shape index (κ2) is 6.72. The molecule has 1 heterocycles. The SMILES string of the molecule is CCC(CC)C(NN)C(C)(CC)N1CCCC1. The molecule has 2 unspecified atom stereocenters. The van der Waals surface area contributed by atoms with Crippen LogP contribution in [0.1, 0.15) is 59.8 Å². The van der Waals surface area contributed by atoms with Gasteiger partial charge in [0.05, 0.1) is 0 Å². The molecule has 3 N–H and O–H groups in total. The summed E-state index contributed by atoms with van der Waals surface area (Å²) in [6, 6.07) is 0.403. The van der Waals surface area contributed by atoms with Crippen LogP contribution in [0.4, 0.5) is 0 Å². The van der Waals surface area contributed by atoms with E-state index in [1.54, 1.807) is 0 Å². The molecule has 1 fully saturated rings. The van der Waals surface area contributed by atoms with Gasteiger partial charge in [-0.15, -0.1) is 0 Å². The fourth-order valence-corrected chi connectivity index (χ4v) is 3.45. The van der Waals surface area contributed by atoms with Crippen molar-refractivity contribution in [3.63, 3.8) is 0 Å². The maximum absolute atomic E-state index is 5.88. The van der Waals surface area contributed by atoms with Crippen LogP contribution >= 0.6 is 0 Å². The van der Waals surface area contributed by atoms with Crippen LogP contribution in [0.5, 0.6) is 0 Å². The third-order valence-corrected chi connectivity index (χ3v) is 4.91. The first-order chi connectivity index (χ1) is 8.13. The molecule has 0 radical (unpaired) electrons. The Kier molecular flexibility index (Phi) is 5.90. The van der Waals surface area contributed by atoms with Crippen LogP contribution in [0.15, 0.2) is 0 Å². The van der Waals surface area contributed by atoms with Gasteiger partial charge in [-0.3, -0.25) is 16.2 Å². The molecule has 1 aliphatic rings. The molecule has 2 atom stereocenters. The molecule has 1 rings (SSSR count). The van der Waals surface area contributed by atoms with Crippen molar-refractivity contribution in [2.24, 2.45) is 11.8 Å². The van der Waals surface area contributed by atoms with E-state index in [4.69, 9.17) is 5.84 Å². The fourth-order valence-electron chi connectivity index (χ4n) is 3.45. The molecule has 0 saturated carbocycles. The normalized spacial score (nSPS) is 22.9. The molecule has 17 heavy (non-hydrogen) atoms. The third kappa shape index (κ3) is 3.01. The van der Waals surface area contributed by atoms with Gasteiger partial charge in [0.2, 0.25) is 0 Å². The number of likely N-dealkylation sites (tertiary alicyclic amines) is 1. The highest BCUT2D eigenvalue weighted by Crippen LogP contribution is 2.33. The van der Waals surface area contributed by atoms with Crippen LogP contribution in [-0.4, -0.2) is 29.6 Å². The van der Waals surface area contributed by atoms with E-state index in [0.717, 1.165) is 0 Å². The van der Waals surface area contributed by atoms with Gasteiger partial charge in [-0.2, -0.15) is 0 Å². The summed E-state index contributed by atoms with van der Waals surface area (Å²) in [6.07, 6.45) is 6.26. The molecular weight excluding hydrogens is 210 g/mol. The summed E-state index contributed by atoms with van der Waals surface area (Å²) in [5, 5.41) is 0. The first-order valence-electron chi connectivity index (χ1n) is 7.35. The molecule has 0 aromatic rings. The molecule has 0 spiro atoms. The lowest BCUT2D eigenvalue weighted by molar-refractivity contribution is 0.0547. The van der Waals surface area contributed by atoms with Gasteiger partial charge in [-0.05, 0) is 45.2 Å². The van der Waals surface area contributed by atoms with Gasteiger partial charge in [0, 0.05) is 11.6 Å². The van der Waals surface area contributed by atoms with Crippen molar-refractivity contribution in [1.82, 2.24) is 10.3 Å². The summed E-state index contributed by atoms with van der Waals surface area (Å²) >= 11 is 0. The minimum Gasteiger partial charge on any atom is -0.296 e. The molecule has 0 amide bonds. The molecule has 0 aromatic carbocycles. The Morgan fingerprint density at radius 3 is 2.06 bits per heavy atom. The number of nitrogens with two attached hydrogens (primary N) is 1. The average Bonchev–Trinajstić information content (AvgIpc) is 2.89. The number of nitrogens with zero attached hydrogens (tertiary/aromatic N) is 1. The van der Waals surface area contributed by atoms with E-state index < -0.39 is 0 Å². The summed E-state index contributed by atoms with van der Waals surface area (Å²) in [5.74, 6) is 6.55. The fraction of sp³-hybridized carbons (Fsp3) is 1.00. The molecule has 3 nitrogen and oxygen atoms in total. The average molecular weight is 241 g/mol.